The van der Waals surface area contributed by atoms with Gasteiger partial charge in [0.05, 0.1) is 25.5 Å². The van der Waals surface area contributed by atoms with E-state index in [0.717, 1.165) is 22.6 Å². The van der Waals surface area contributed by atoms with Gasteiger partial charge in [0.25, 0.3) is 5.56 Å². The van der Waals surface area contributed by atoms with Crippen LogP contribution in [0.2, 0.25) is 0 Å². The predicted molar refractivity (Wildman–Crippen MR) is 130 cm³/mol. The van der Waals surface area contributed by atoms with E-state index in [0.29, 0.717) is 17.8 Å². The summed E-state index contributed by atoms with van der Waals surface area (Å²) in [5.74, 6) is 1.43. The lowest BCUT2D eigenvalue weighted by molar-refractivity contribution is -0.121. The molecule has 0 aliphatic carbocycles. The SMILES string of the molecule is CCOc1ccc(-c2cc3c(=O)n(CCC(=O)NC(C)c4ccc(OC)cc4)ccn3n2)cc1. The Labute approximate surface area is 197 Å². The van der Waals surface area contributed by atoms with Crippen LogP contribution in [0.3, 0.4) is 0 Å². The van der Waals surface area contributed by atoms with Gasteiger partial charge in [0.2, 0.25) is 5.91 Å². The lowest BCUT2D eigenvalue weighted by Gasteiger charge is -2.15. The van der Waals surface area contributed by atoms with Crippen molar-refractivity contribution < 1.29 is 14.3 Å². The number of carbonyl (C=O) groups is 1. The van der Waals surface area contributed by atoms with Crippen LogP contribution in [0.25, 0.3) is 16.8 Å². The van der Waals surface area contributed by atoms with E-state index in [-0.39, 0.29) is 30.5 Å². The molecule has 0 spiro atoms. The average Bonchev–Trinajstić information content (AvgIpc) is 3.29. The Balaban J connectivity index is 1.42. The first kappa shape index (κ1) is 23.1. The van der Waals surface area contributed by atoms with Crippen LogP contribution in [0.4, 0.5) is 0 Å². The number of methoxy groups -OCH3 is 1. The van der Waals surface area contributed by atoms with Gasteiger partial charge in [-0.1, -0.05) is 12.1 Å². The van der Waals surface area contributed by atoms with Crippen molar-refractivity contribution in [1.82, 2.24) is 19.5 Å². The van der Waals surface area contributed by atoms with E-state index in [1.807, 2.05) is 62.4 Å². The highest BCUT2D eigenvalue weighted by molar-refractivity contribution is 5.76. The number of hydrogen-bond acceptors (Lipinski definition) is 5. The Kier molecular flexibility index (Phi) is 6.96. The molecule has 4 rings (SSSR count). The molecule has 176 valence electrons. The van der Waals surface area contributed by atoms with Gasteiger partial charge in [-0.15, -0.1) is 0 Å². The van der Waals surface area contributed by atoms with Crippen LogP contribution in [0, 0.1) is 0 Å². The predicted octanol–water partition coefficient (Wildman–Crippen LogP) is 3.84. The summed E-state index contributed by atoms with van der Waals surface area (Å²) < 4.78 is 13.8. The van der Waals surface area contributed by atoms with Crippen molar-refractivity contribution in [3.8, 4) is 22.8 Å². The Bertz CT molecular complexity index is 1320. The van der Waals surface area contributed by atoms with Crippen molar-refractivity contribution in [3.63, 3.8) is 0 Å². The fraction of sp³-hybridized carbons (Fsp3) is 0.269. The summed E-state index contributed by atoms with van der Waals surface area (Å²) in [5.41, 5.74) is 2.84. The van der Waals surface area contributed by atoms with E-state index in [1.54, 1.807) is 30.1 Å². The largest absolute Gasteiger partial charge is 0.497 e. The normalized spacial score (nSPS) is 11.9. The van der Waals surface area contributed by atoms with Crippen molar-refractivity contribution in [2.75, 3.05) is 13.7 Å². The lowest BCUT2D eigenvalue weighted by Crippen LogP contribution is -2.29. The van der Waals surface area contributed by atoms with Gasteiger partial charge < -0.3 is 19.4 Å². The van der Waals surface area contributed by atoms with E-state index >= 15 is 0 Å². The van der Waals surface area contributed by atoms with Crippen LogP contribution in [-0.2, 0) is 11.3 Å². The summed E-state index contributed by atoms with van der Waals surface area (Å²) in [6.07, 6.45) is 3.58. The second kappa shape index (κ2) is 10.2. The standard InChI is InChI=1S/C26H28N4O4/c1-4-34-22-11-7-20(8-12-22)23-17-24-26(32)29(15-16-30(24)28-23)14-13-25(31)27-18(2)19-5-9-21(33-3)10-6-19/h5-12,15-18H,4,13-14H2,1-3H3,(H,27,31). The molecule has 2 aromatic carbocycles. The summed E-state index contributed by atoms with van der Waals surface area (Å²) in [5, 5.41) is 7.49. The quantitative estimate of drug-likeness (QED) is 0.410. The number of rotatable bonds is 9. The van der Waals surface area contributed by atoms with Crippen molar-refractivity contribution >= 4 is 11.4 Å². The number of benzene rings is 2. The summed E-state index contributed by atoms with van der Waals surface area (Å²) in [7, 11) is 1.62. The highest BCUT2D eigenvalue weighted by atomic mass is 16.5. The third-order valence-electron chi connectivity index (χ3n) is 5.64. The molecular formula is C26H28N4O4. The van der Waals surface area contributed by atoms with Crippen molar-refractivity contribution in [1.29, 1.82) is 0 Å². The van der Waals surface area contributed by atoms with E-state index in [1.165, 1.54) is 4.57 Å². The van der Waals surface area contributed by atoms with Gasteiger partial charge in [0.15, 0.2) is 0 Å². The fourth-order valence-corrected chi connectivity index (χ4v) is 3.74. The van der Waals surface area contributed by atoms with Crippen LogP contribution < -0.4 is 20.3 Å². The van der Waals surface area contributed by atoms with Crippen LogP contribution in [-0.4, -0.2) is 33.8 Å². The van der Waals surface area contributed by atoms with E-state index < -0.39 is 0 Å². The summed E-state index contributed by atoms with van der Waals surface area (Å²) in [4.78, 5) is 25.4. The zero-order chi connectivity index (χ0) is 24.1. The minimum Gasteiger partial charge on any atom is -0.497 e. The molecule has 34 heavy (non-hydrogen) atoms. The molecule has 1 unspecified atom stereocenters. The van der Waals surface area contributed by atoms with Crippen LogP contribution >= 0.6 is 0 Å². The molecule has 8 heteroatoms. The number of aromatic nitrogens is 3. The number of aryl methyl sites for hydroxylation is 1. The minimum absolute atomic E-state index is 0.126. The lowest BCUT2D eigenvalue weighted by atomic mass is 10.1. The van der Waals surface area contributed by atoms with Crippen molar-refractivity contribution in [2.24, 2.45) is 0 Å². The maximum atomic E-state index is 13.0. The second-order valence-corrected chi connectivity index (χ2v) is 7.93. The molecule has 0 saturated heterocycles. The van der Waals surface area contributed by atoms with Gasteiger partial charge in [-0.3, -0.25) is 9.59 Å². The molecule has 0 fully saturated rings. The molecule has 0 aliphatic heterocycles. The Morgan fingerprint density at radius 1 is 1.06 bits per heavy atom. The number of nitrogens with zero attached hydrogens (tertiary/aromatic N) is 3. The number of nitrogens with one attached hydrogen (secondary N) is 1. The molecule has 2 aromatic heterocycles. The molecular weight excluding hydrogens is 432 g/mol. The first-order valence-electron chi connectivity index (χ1n) is 11.2. The molecule has 1 amide bonds. The number of carbonyl (C=O) groups excluding carboxylic acids is 1. The topological polar surface area (TPSA) is 86.9 Å². The van der Waals surface area contributed by atoms with Gasteiger partial charge in [-0.2, -0.15) is 5.10 Å². The molecule has 2 heterocycles. The summed E-state index contributed by atoms with van der Waals surface area (Å²) >= 11 is 0. The number of fused-ring (bicyclic) bond motifs is 1. The molecule has 0 bridgehead atoms. The minimum atomic E-state index is -0.191. The van der Waals surface area contributed by atoms with Gasteiger partial charge in [-0.05, 0) is 61.9 Å². The van der Waals surface area contributed by atoms with Crippen LogP contribution in [0.1, 0.15) is 31.9 Å². The molecule has 8 nitrogen and oxygen atoms in total. The van der Waals surface area contributed by atoms with Crippen molar-refractivity contribution in [3.05, 3.63) is 82.9 Å². The third-order valence-corrected chi connectivity index (χ3v) is 5.64. The van der Waals surface area contributed by atoms with Gasteiger partial charge in [-0.25, -0.2) is 4.52 Å². The maximum absolute atomic E-state index is 13.0. The molecule has 0 saturated carbocycles. The third kappa shape index (κ3) is 5.11. The number of hydrogen-bond donors (Lipinski definition) is 1. The highest BCUT2D eigenvalue weighted by Crippen LogP contribution is 2.22. The summed E-state index contributed by atoms with van der Waals surface area (Å²) in [6, 6.07) is 16.8. The zero-order valence-electron chi connectivity index (χ0n) is 19.5. The van der Waals surface area contributed by atoms with E-state index in [4.69, 9.17) is 9.47 Å². The van der Waals surface area contributed by atoms with E-state index in [2.05, 4.69) is 10.4 Å². The molecule has 4 aromatic rings. The van der Waals surface area contributed by atoms with Crippen LogP contribution in [0.15, 0.2) is 71.8 Å². The second-order valence-electron chi connectivity index (χ2n) is 7.93. The molecule has 1 atom stereocenters. The van der Waals surface area contributed by atoms with Gasteiger partial charge in [0.1, 0.15) is 17.0 Å². The maximum Gasteiger partial charge on any atom is 0.276 e. The molecule has 0 aliphatic rings. The van der Waals surface area contributed by atoms with Gasteiger partial charge >= 0.3 is 0 Å². The number of amides is 1. The Hall–Kier alpha value is -4.07. The summed E-state index contributed by atoms with van der Waals surface area (Å²) in [6.45, 7) is 4.74. The van der Waals surface area contributed by atoms with Crippen molar-refractivity contribution in [2.45, 2.75) is 32.9 Å². The zero-order valence-corrected chi connectivity index (χ0v) is 19.5. The smallest absolute Gasteiger partial charge is 0.276 e. The molecule has 1 N–H and O–H groups in total. The first-order chi connectivity index (χ1) is 16.5. The van der Waals surface area contributed by atoms with E-state index in [9.17, 15) is 9.59 Å². The van der Waals surface area contributed by atoms with Crippen LogP contribution in [0.5, 0.6) is 11.5 Å². The molecule has 0 radical (unpaired) electrons. The average molecular weight is 461 g/mol. The monoisotopic (exact) mass is 460 g/mol. The Morgan fingerprint density at radius 3 is 2.44 bits per heavy atom. The highest BCUT2D eigenvalue weighted by Gasteiger charge is 2.13. The number of ether oxygens (including phenoxy) is 2. The first-order valence-corrected chi connectivity index (χ1v) is 11.2. The van der Waals surface area contributed by atoms with Gasteiger partial charge in [0, 0.05) is 30.9 Å². The Morgan fingerprint density at radius 2 is 1.76 bits per heavy atom. The fourth-order valence-electron chi connectivity index (χ4n) is 3.74.